The minimum atomic E-state index is -1.96. The molecule has 0 amide bonds. The molecule has 2 aromatic heterocycles. The summed E-state index contributed by atoms with van der Waals surface area (Å²) in [5, 5.41) is 10.5. The van der Waals surface area contributed by atoms with E-state index in [1.54, 1.807) is 0 Å². The first-order chi connectivity index (χ1) is 17.9. The molecule has 0 bridgehead atoms. The second kappa shape index (κ2) is 10.1. The third-order valence-electron chi connectivity index (χ3n) is 8.46. The molecule has 2 heterocycles. The molecule has 0 fully saturated rings. The van der Waals surface area contributed by atoms with E-state index < -0.39 is 7.26 Å². The fourth-order valence-electron chi connectivity index (χ4n) is 5.31. The molecule has 5 heteroatoms. The molecule has 0 radical (unpaired) electrons. The zero-order chi connectivity index (χ0) is 26.0. The second-order valence-corrected chi connectivity index (χ2v) is 15.8. The number of aromatic nitrogens is 4. The number of benzene rings is 3. The van der Waals surface area contributed by atoms with Gasteiger partial charge in [-0.1, -0.05) is 0 Å². The average Bonchev–Trinajstić information content (AvgIpc) is 3.59. The average molecular weight is 509 g/mol. The predicted molar refractivity (Wildman–Crippen MR) is 160 cm³/mol. The van der Waals surface area contributed by atoms with Crippen LogP contribution in [0.2, 0.25) is 0 Å². The Morgan fingerprint density at radius 3 is 1.86 bits per heavy atom. The Kier molecular flexibility index (Phi) is 6.88. The summed E-state index contributed by atoms with van der Waals surface area (Å²) in [7, 11) is -1.96. The zero-order valence-electron chi connectivity index (χ0n) is 22.5. The maximum absolute atomic E-state index is 5.29. The molecule has 3 aromatic carbocycles. The summed E-state index contributed by atoms with van der Waals surface area (Å²) >= 11 is 0. The van der Waals surface area contributed by atoms with Crippen LogP contribution in [0.25, 0.3) is 33.9 Å². The van der Waals surface area contributed by atoms with Crippen molar-refractivity contribution in [3.63, 3.8) is 0 Å². The Morgan fingerprint density at radius 1 is 0.730 bits per heavy atom. The molecule has 4 nitrogen and oxygen atoms in total. The molecule has 0 aliphatic rings. The molecule has 0 saturated heterocycles. The van der Waals surface area contributed by atoms with Crippen molar-refractivity contribution in [3.8, 4) is 33.9 Å². The van der Waals surface area contributed by atoms with E-state index in [1.165, 1.54) is 5.44 Å². The molecule has 0 atom stereocenters. The summed E-state index contributed by atoms with van der Waals surface area (Å²) in [6.45, 7) is 12.1. The zero-order valence-corrected chi connectivity index (χ0v) is 23.5. The van der Waals surface area contributed by atoms with Gasteiger partial charge in [0.1, 0.15) is 0 Å². The Balaban J connectivity index is 1.90. The van der Waals surface area contributed by atoms with Gasteiger partial charge in [-0.15, -0.1) is 0 Å². The Labute approximate surface area is 221 Å². The van der Waals surface area contributed by atoms with Crippen molar-refractivity contribution in [3.05, 3.63) is 103 Å². The van der Waals surface area contributed by atoms with Crippen LogP contribution < -0.4 is 5.44 Å². The van der Waals surface area contributed by atoms with Gasteiger partial charge in [0.25, 0.3) is 0 Å². The summed E-state index contributed by atoms with van der Waals surface area (Å²) in [6.07, 6.45) is 4.26. The molecule has 0 N–H and O–H groups in total. The summed E-state index contributed by atoms with van der Waals surface area (Å²) in [6, 6.07) is 33.8. The maximum atomic E-state index is 5.29. The molecular formula is C32H37N4P. The Morgan fingerprint density at radius 2 is 1.30 bits per heavy atom. The van der Waals surface area contributed by atoms with Gasteiger partial charge in [-0.3, -0.25) is 0 Å². The van der Waals surface area contributed by atoms with Gasteiger partial charge in [0, 0.05) is 0 Å². The number of para-hydroxylation sites is 1. The quantitative estimate of drug-likeness (QED) is 0.202. The third kappa shape index (κ3) is 4.34. The van der Waals surface area contributed by atoms with Crippen LogP contribution in [0.5, 0.6) is 0 Å². The second-order valence-electron chi connectivity index (χ2n) is 10.6. The van der Waals surface area contributed by atoms with Crippen LogP contribution in [0.3, 0.4) is 0 Å². The molecule has 5 aromatic rings. The van der Waals surface area contributed by atoms with Crippen molar-refractivity contribution in [2.24, 2.45) is 0 Å². The van der Waals surface area contributed by atoms with Crippen LogP contribution in [-0.4, -0.2) is 37.5 Å². The molecule has 5 rings (SSSR count). The van der Waals surface area contributed by atoms with E-state index in [0.29, 0.717) is 0 Å². The van der Waals surface area contributed by atoms with Crippen molar-refractivity contribution in [2.45, 2.75) is 39.3 Å². The fourth-order valence-corrected chi connectivity index (χ4v) is 9.18. The van der Waals surface area contributed by atoms with Crippen molar-refractivity contribution >= 4 is 12.7 Å². The number of rotatable bonds is 8. The van der Waals surface area contributed by atoms with E-state index in [1.807, 2.05) is 12.3 Å². The first kappa shape index (κ1) is 25.2. The van der Waals surface area contributed by atoms with E-state index in [0.717, 1.165) is 46.5 Å². The van der Waals surface area contributed by atoms with E-state index in [9.17, 15) is 0 Å². The third-order valence-corrected chi connectivity index (χ3v) is 14.7. The van der Waals surface area contributed by atoms with E-state index in [-0.39, 0.29) is 5.16 Å². The van der Waals surface area contributed by atoms with Crippen LogP contribution in [0.15, 0.2) is 103 Å². The molecule has 0 spiro atoms. The number of hydrogen-bond donors (Lipinski definition) is 0. The van der Waals surface area contributed by atoms with Gasteiger partial charge in [-0.05, 0) is 0 Å². The fraction of sp³-hybridized carbons (Fsp3) is 0.250. The van der Waals surface area contributed by atoms with Gasteiger partial charge in [-0.2, -0.15) is 0 Å². The Bertz CT molecular complexity index is 1470. The van der Waals surface area contributed by atoms with E-state index >= 15 is 0 Å². The van der Waals surface area contributed by atoms with Crippen molar-refractivity contribution < 1.29 is 0 Å². The van der Waals surface area contributed by atoms with Crippen LogP contribution in [0, 0.1) is 0 Å². The summed E-state index contributed by atoms with van der Waals surface area (Å²) in [5.41, 5.74) is 7.62. The molecule has 37 heavy (non-hydrogen) atoms. The summed E-state index contributed by atoms with van der Waals surface area (Å²) < 4.78 is 4.32. The van der Waals surface area contributed by atoms with Crippen LogP contribution >= 0.6 is 7.26 Å². The Hall–Kier alpha value is -3.49. The minimum absolute atomic E-state index is 0.217. The van der Waals surface area contributed by atoms with Crippen molar-refractivity contribution in [1.82, 2.24) is 19.6 Å². The molecule has 0 saturated carbocycles. The van der Waals surface area contributed by atoms with Crippen molar-refractivity contribution in [2.75, 3.05) is 12.8 Å². The molecule has 0 unspecified atom stereocenters. The van der Waals surface area contributed by atoms with Crippen molar-refractivity contribution in [1.29, 1.82) is 0 Å². The standard InChI is InChI=1S/C32H37N4P/c1-6-32(3,4)37(5,7-2)28-23-24-33-36(28)31-29(25-17-11-8-12-18-25)34-35(27-21-15-10-16-22-27)30(31)26-19-13-9-14-20-26/h8-24,37H,6-7H2,1-5H3. The number of nitrogens with zero attached hydrogens (tertiary/aromatic N) is 4. The van der Waals surface area contributed by atoms with E-state index in [4.69, 9.17) is 10.2 Å². The summed E-state index contributed by atoms with van der Waals surface area (Å²) in [4.78, 5) is 0. The predicted octanol–water partition coefficient (Wildman–Crippen LogP) is 7.61. The van der Waals surface area contributed by atoms with Gasteiger partial charge in [0.15, 0.2) is 0 Å². The number of hydrogen-bond acceptors (Lipinski definition) is 2. The molecule has 190 valence electrons. The van der Waals surface area contributed by atoms with Gasteiger partial charge in [0.05, 0.1) is 0 Å². The van der Waals surface area contributed by atoms with Gasteiger partial charge in [0.2, 0.25) is 0 Å². The van der Waals surface area contributed by atoms with Crippen LogP contribution in [-0.2, 0) is 0 Å². The first-order valence-corrected chi connectivity index (χ1v) is 16.0. The van der Waals surface area contributed by atoms with Gasteiger partial charge < -0.3 is 0 Å². The SMILES string of the molecule is CCC(C)(C)[PH](C)(CC)c1ccnn1-c1c(-c2ccccc2)nn(-c2ccccc2)c1-c1ccccc1. The molecular weight excluding hydrogens is 471 g/mol. The van der Waals surface area contributed by atoms with Gasteiger partial charge >= 0.3 is 222 Å². The first-order valence-electron chi connectivity index (χ1n) is 13.3. The molecule has 0 aliphatic heterocycles. The van der Waals surface area contributed by atoms with Gasteiger partial charge in [-0.25, -0.2) is 0 Å². The van der Waals surface area contributed by atoms with Crippen LogP contribution in [0.4, 0.5) is 0 Å². The topological polar surface area (TPSA) is 35.6 Å². The normalized spacial score (nSPS) is 12.6. The van der Waals surface area contributed by atoms with E-state index in [2.05, 4.69) is 135 Å². The van der Waals surface area contributed by atoms with Crippen LogP contribution in [0.1, 0.15) is 34.1 Å². The molecule has 0 aliphatic carbocycles. The monoisotopic (exact) mass is 508 g/mol. The summed E-state index contributed by atoms with van der Waals surface area (Å²) in [5.74, 6) is 0.